The summed E-state index contributed by atoms with van der Waals surface area (Å²) in [5, 5.41) is 2.77. The van der Waals surface area contributed by atoms with Crippen LogP contribution in [-0.4, -0.2) is 28.5 Å². The number of fused-ring (bicyclic) bond motifs is 2. The number of benzene rings is 3. The Morgan fingerprint density at radius 1 is 0.967 bits per heavy atom. The van der Waals surface area contributed by atoms with E-state index in [2.05, 4.69) is 5.32 Å². The summed E-state index contributed by atoms with van der Waals surface area (Å²) < 4.78 is 38.5. The maximum Gasteiger partial charge on any atom is 0.264 e. The van der Waals surface area contributed by atoms with Gasteiger partial charge in [-0.1, -0.05) is 6.07 Å². The van der Waals surface area contributed by atoms with Crippen molar-refractivity contribution in [3.8, 4) is 17.2 Å². The van der Waals surface area contributed by atoms with Crippen molar-refractivity contribution < 1.29 is 22.7 Å². The molecule has 1 aliphatic rings. The molecule has 1 heterocycles. The Labute approximate surface area is 174 Å². The summed E-state index contributed by atoms with van der Waals surface area (Å²) in [5.74, 6) is 0.992. The summed E-state index contributed by atoms with van der Waals surface area (Å²) in [6.45, 7) is 1.92. The summed E-state index contributed by atoms with van der Waals surface area (Å²) >= 11 is 0. The zero-order chi connectivity index (χ0) is 21.5. The van der Waals surface area contributed by atoms with Gasteiger partial charge < -0.3 is 14.8 Å². The molecular weight excluding hydrogens is 404 g/mol. The van der Waals surface area contributed by atoms with Gasteiger partial charge in [0.05, 0.1) is 28.9 Å². The Morgan fingerprint density at radius 2 is 1.70 bits per heavy atom. The number of hydrogen-bond acceptors (Lipinski definition) is 5. The van der Waals surface area contributed by atoms with Crippen molar-refractivity contribution >= 4 is 27.3 Å². The van der Waals surface area contributed by atoms with Crippen LogP contribution in [0.25, 0.3) is 0 Å². The number of hydrogen-bond donors (Lipinski definition) is 1. The second-order valence-electron chi connectivity index (χ2n) is 6.88. The van der Waals surface area contributed by atoms with Crippen molar-refractivity contribution in [2.24, 2.45) is 0 Å². The Bertz CT molecular complexity index is 1240. The molecule has 1 amide bonds. The Kier molecular flexibility index (Phi) is 4.87. The molecule has 0 unspecified atom stereocenters. The highest BCUT2D eigenvalue weighted by Gasteiger charge is 2.27. The monoisotopic (exact) mass is 424 g/mol. The lowest BCUT2D eigenvalue weighted by molar-refractivity contribution is 0.102. The van der Waals surface area contributed by atoms with Gasteiger partial charge in [0.1, 0.15) is 11.5 Å². The minimum absolute atomic E-state index is 0.0135. The fourth-order valence-corrected chi connectivity index (χ4v) is 4.37. The van der Waals surface area contributed by atoms with Crippen molar-refractivity contribution in [2.45, 2.75) is 11.8 Å². The van der Waals surface area contributed by atoms with Crippen LogP contribution in [0.2, 0.25) is 0 Å². The highest BCUT2D eigenvalue weighted by molar-refractivity contribution is 7.92. The normalized spacial score (nSPS) is 12.7. The van der Waals surface area contributed by atoms with E-state index in [1.54, 1.807) is 30.3 Å². The summed E-state index contributed by atoms with van der Waals surface area (Å²) in [6.07, 6.45) is 0. The van der Waals surface area contributed by atoms with Crippen LogP contribution in [-0.2, 0) is 10.0 Å². The third kappa shape index (κ3) is 3.46. The Morgan fingerprint density at radius 3 is 2.40 bits per heavy atom. The summed E-state index contributed by atoms with van der Waals surface area (Å²) in [5.41, 5.74) is 2.12. The molecule has 1 N–H and O–H groups in total. The summed E-state index contributed by atoms with van der Waals surface area (Å²) in [4.78, 5) is 12.7. The van der Waals surface area contributed by atoms with Crippen LogP contribution in [0, 0.1) is 6.92 Å². The lowest BCUT2D eigenvalue weighted by Crippen LogP contribution is -2.26. The van der Waals surface area contributed by atoms with Gasteiger partial charge >= 0.3 is 0 Å². The van der Waals surface area contributed by atoms with Crippen molar-refractivity contribution in [3.63, 3.8) is 0 Å². The smallest absolute Gasteiger partial charge is 0.264 e. The largest absolute Gasteiger partial charge is 0.497 e. The first-order valence-electron chi connectivity index (χ1n) is 9.16. The van der Waals surface area contributed by atoms with Crippen molar-refractivity contribution in [2.75, 3.05) is 23.8 Å². The number of nitrogens with zero attached hydrogens (tertiary/aromatic N) is 1. The minimum Gasteiger partial charge on any atom is -0.497 e. The second-order valence-corrected chi connectivity index (χ2v) is 8.85. The van der Waals surface area contributed by atoms with E-state index < -0.39 is 15.9 Å². The molecule has 0 aromatic heterocycles. The van der Waals surface area contributed by atoms with Crippen molar-refractivity contribution in [1.82, 2.24) is 0 Å². The van der Waals surface area contributed by atoms with Crippen LogP contribution in [0.5, 0.6) is 17.2 Å². The molecule has 0 saturated heterocycles. The number of amides is 1. The highest BCUT2D eigenvalue weighted by Crippen LogP contribution is 2.37. The SMILES string of the molecule is COc1ccc(N(C)S(=O)(=O)c2ccc3c(c2)C(=O)Nc2ccc(C)cc2O3)cc1. The first kappa shape index (κ1) is 19.8. The zero-order valence-electron chi connectivity index (χ0n) is 16.7. The standard InChI is InChI=1S/C22H20N2O5S/c1-14-4-10-19-21(12-14)29-20-11-9-17(13-18(20)22(25)23-19)30(26,27)24(2)15-5-7-16(28-3)8-6-15/h4-13H,1-3H3,(H,23,25). The highest BCUT2D eigenvalue weighted by atomic mass is 32.2. The molecule has 0 fully saturated rings. The van der Waals surface area contributed by atoms with E-state index in [4.69, 9.17) is 9.47 Å². The lowest BCUT2D eigenvalue weighted by Gasteiger charge is -2.20. The molecule has 0 atom stereocenters. The molecule has 7 nitrogen and oxygen atoms in total. The number of nitrogens with one attached hydrogen (secondary N) is 1. The topological polar surface area (TPSA) is 84.9 Å². The van der Waals surface area contributed by atoms with Crippen LogP contribution >= 0.6 is 0 Å². The molecule has 3 aromatic carbocycles. The zero-order valence-corrected chi connectivity index (χ0v) is 17.5. The maximum atomic E-state index is 13.2. The number of carbonyl (C=O) groups is 1. The van der Waals surface area contributed by atoms with Gasteiger partial charge in [-0.05, 0) is 67.1 Å². The van der Waals surface area contributed by atoms with Crippen molar-refractivity contribution in [1.29, 1.82) is 0 Å². The Balaban J connectivity index is 1.71. The van der Waals surface area contributed by atoms with Gasteiger partial charge in [0.15, 0.2) is 5.75 Å². The molecule has 3 aromatic rings. The van der Waals surface area contributed by atoms with Gasteiger partial charge in [-0.15, -0.1) is 0 Å². The quantitative estimate of drug-likeness (QED) is 0.679. The van der Waals surface area contributed by atoms with Crippen LogP contribution < -0.4 is 19.1 Å². The van der Waals surface area contributed by atoms with Crippen molar-refractivity contribution in [3.05, 3.63) is 71.8 Å². The van der Waals surface area contributed by atoms with Gasteiger partial charge in [-0.2, -0.15) is 0 Å². The van der Waals surface area contributed by atoms with E-state index in [0.29, 0.717) is 28.6 Å². The molecule has 1 aliphatic heterocycles. The Hall–Kier alpha value is -3.52. The van der Waals surface area contributed by atoms with Gasteiger partial charge in [-0.3, -0.25) is 9.10 Å². The van der Waals surface area contributed by atoms with Crippen LogP contribution in [0.3, 0.4) is 0 Å². The molecule has 8 heteroatoms. The molecule has 4 rings (SSSR count). The summed E-state index contributed by atoms with van der Waals surface area (Å²) in [6, 6.07) is 16.3. The molecule has 154 valence electrons. The molecule has 0 bridgehead atoms. The first-order chi connectivity index (χ1) is 14.3. The third-order valence-electron chi connectivity index (χ3n) is 4.90. The van der Waals surface area contributed by atoms with Crippen LogP contribution in [0.4, 0.5) is 11.4 Å². The molecular formula is C22H20N2O5S. The van der Waals surface area contributed by atoms with Gasteiger partial charge in [0, 0.05) is 7.05 Å². The maximum absolute atomic E-state index is 13.2. The number of methoxy groups -OCH3 is 1. The number of ether oxygens (including phenoxy) is 2. The van der Waals surface area contributed by atoms with Gasteiger partial charge in [-0.25, -0.2) is 8.42 Å². The molecule has 0 spiro atoms. The van der Waals surface area contributed by atoms with Gasteiger partial charge in [0.25, 0.3) is 15.9 Å². The molecule has 0 aliphatic carbocycles. The number of sulfonamides is 1. The predicted octanol–water partition coefficient (Wildman–Crippen LogP) is 4.19. The van der Waals surface area contributed by atoms with E-state index in [9.17, 15) is 13.2 Å². The van der Waals surface area contributed by atoms with Crippen LogP contribution in [0.1, 0.15) is 15.9 Å². The third-order valence-corrected chi connectivity index (χ3v) is 6.68. The van der Waals surface area contributed by atoms with Crippen LogP contribution in [0.15, 0.2) is 65.6 Å². The second kappa shape index (κ2) is 7.38. The van der Waals surface area contributed by atoms with E-state index >= 15 is 0 Å². The number of aryl methyl sites for hydroxylation is 1. The number of carbonyl (C=O) groups excluding carboxylic acids is 1. The average Bonchev–Trinajstić information content (AvgIpc) is 2.88. The average molecular weight is 424 g/mol. The molecule has 30 heavy (non-hydrogen) atoms. The summed E-state index contributed by atoms with van der Waals surface area (Å²) in [7, 11) is -0.902. The number of rotatable bonds is 4. The fraction of sp³-hybridized carbons (Fsp3) is 0.136. The fourth-order valence-electron chi connectivity index (χ4n) is 3.15. The predicted molar refractivity (Wildman–Crippen MR) is 114 cm³/mol. The number of anilines is 2. The van der Waals surface area contributed by atoms with E-state index in [-0.39, 0.29) is 10.5 Å². The first-order valence-corrected chi connectivity index (χ1v) is 10.6. The van der Waals surface area contributed by atoms with Gasteiger partial charge in [0.2, 0.25) is 0 Å². The molecule has 0 radical (unpaired) electrons. The minimum atomic E-state index is -3.90. The van der Waals surface area contributed by atoms with E-state index in [0.717, 1.165) is 9.87 Å². The van der Waals surface area contributed by atoms with E-state index in [1.807, 2.05) is 19.1 Å². The van der Waals surface area contributed by atoms with E-state index in [1.165, 1.54) is 32.4 Å². The lowest BCUT2D eigenvalue weighted by atomic mass is 10.2. The molecule has 0 saturated carbocycles.